The Morgan fingerprint density at radius 1 is 1.26 bits per heavy atom. The number of hydrogen-bond acceptors (Lipinski definition) is 7. The number of carbonyl (C=O) groups excluding carboxylic acids is 1. The molecule has 1 fully saturated rings. The van der Waals surface area contributed by atoms with Crippen LogP contribution in [0.2, 0.25) is 0 Å². The topological polar surface area (TPSA) is 117 Å². The van der Waals surface area contributed by atoms with E-state index in [1.807, 2.05) is 0 Å². The molecule has 1 amide bonds. The van der Waals surface area contributed by atoms with Crippen molar-refractivity contribution < 1.29 is 18.7 Å². The molecule has 6 N–H and O–H groups in total. The van der Waals surface area contributed by atoms with Crippen LogP contribution < -0.4 is 21.7 Å². The summed E-state index contributed by atoms with van der Waals surface area (Å²) in [6, 6.07) is 5.30. The van der Waals surface area contributed by atoms with Gasteiger partial charge in [0.25, 0.3) is 5.91 Å². The number of nitrogens with one attached hydrogen (secondary N) is 1. The van der Waals surface area contributed by atoms with Gasteiger partial charge >= 0.3 is 0 Å². The number of pyridine rings is 1. The number of rotatable bonds is 8. The summed E-state index contributed by atoms with van der Waals surface area (Å²) < 4.78 is 26.8. The van der Waals surface area contributed by atoms with Gasteiger partial charge in [0.2, 0.25) is 0 Å². The van der Waals surface area contributed by atoms with Gasteiger partial charge in [-0.2, -0.15) is 0 Å². The lowest BCUT2D eigenvalue weighted by molar-refractivity contribution is 0.100. The summed E-state index contributed by atoms with van der Waals surface area (Å²) in [5.74, 6) is -1.10. The molecule has 0 aliphatic carbocycles. The molecule has 0 bridgehead atoms. The number of nitrogens with zero attached hydrogens (tertiary/aromatic N) is 2. The normalized spacial score (nSPS) is 15.3. The average Bonchev–Trinajstić information content (AvgIpc) is 3.14. The number of amides is 1. The number of nitrogens with two attached hydrogens (primary N) is 2. The van der Waals surface area contributed by atoms with Crippen molar-refractivity contribution in [2.24, 2.45) is 5.73 Å². The Bertz CT molecular complexity index is 1170. The molecule has 1 aliphatic rings. The van der Waals surface area contributed by atoms with Crippen molar-refractivity contribution in [3.63, 3.8) is 0 Å². The van der Waals surface area contributed by atoms with Gasteiger partial charge in [-0.1, -0.05) is 20.8 Å². The number of primary amides is 1. The first-order chi connectivity index (χ1) is 16.3. The van der Waals surface area contributed by atoms with Gasteiger partial charge in [0, 0.05) is 37.1 Å². The van der Waals surface area contributed by atoms with Crippen LogP contribution in [0.3, 0.4) is 0 Å². The highest BCUT2D eigenvalue weighted by atomic mass is 32.1. The highest BCUT2D eigenvalue weighted by Crippen LogP contribution is 2.37. The Balaban J connectivity index is 0.00000342. The zero-order chi connectivity index (χ0) is 24.4. The molecule has 190 valence electrons. The minimum atomic E-state index is -0.993. The van der Waals surface area contributed by atoms with Crippen LogP contribution >= 0.6 is 11.3 Å². The fourth-order valence-corrected chi connectivity index (χ4v) is 5.46. The second-order valence-corrected chi connectivity index (χ2v) is 9.67. The molecule has 7 nitrogen and oxygen atoms in total. The van der Waals surface area contributed by atoms with Gasteiger partial charge in [-0.25, -0.2) is 13.8 Å². The summed E-state index contributed by atoms with van der Waals surface area (Å²) in [5.41, 5.74) is 13.4. The molecule has 0 saturated carbocycles. The van der Waals surface area contributed by atoms with Gasteiger partial charge in [0.05, 0.1) is 11.8 Å². The van der Waals surface area contributed by atoms with Gasteiger partial charge in [-0.3, -0.25) is 4.79 Å². The number of halogens is 2. The van der Waals surface area contributed by atoms with Crippen LogP contribution in [0.25, 0.3) is 10.2 Å². The summed E-state index contributed by atoms with van der Waals surface area (Å²) in [7, 11) is 0. The summed E-state index contributed by atoms with van der Waals surface area (Å²) in [6.45, 7) is 3.82. The van der Waals surface area contributed by atoms with Gasteiger partial charge in [-0.05, 0) is 48.6 Å². The number of nitrogen functional groups attached to an aromatic ring is 1. The Morgan fingerprint density at radius 2 is 1.91 bits per heavy atom. The zero-order valence-corrected chi connectivity index (χ0v) is 19.8. The lowest BCUT2D eigenvalue weighted by atomic mass is 10.0. The lowest BCUT2D eigenvalue weighted by Gasteiger charge is -2.34. The molecular formula is C25H33F2N5O2S. The van der Waals surface area contributed by atoms with Crippen LogP contribution in [-0.2, 0) is 6.42 Å². The number of benzene rings is 1. The standard InChI is InChI=1S/C24H29F2N5O2S.CH4/c1-2-3-13-10-19(30-24-20(13)21(27)22(34-24)23(28)33)31-6-4-17(5-7-31)29-12-18(32)14-8-15(25)11-16(26)9-14;/h8-11,17-18,29,32H,2-7,12,27H2,1H3,(H2,28,33);1H4. The summed E-state index contributed by atoms with van der Waals surface area (Å²) in [5, 5.41) is 14.4. The third-order valence-electron chi connectivity index (χ3n) is 6.20. The van der Waals surface area contributed by atoms with Gasteiger partial charge in [0.1, 0.15) is 27.2 Å². The highest BCUT2D eigenvalue weighted by molar-refractivity contribution is 7.21. The van der Waals surface area contributed by atoms with E-state index < -0.39 is 23.6 Å². The largest absolute Gasteiger partial charge is 0.397 e. The van der Waals surface area contributed by atoms with E-state index in [2.05, 4.69) is 23.2 Å². The first-order valence-corrected chi connectivity index (χ1v) is 12.2. The maximum atomic E-state index is 13.4. The molecule has 0 spiro atoms. The molecule has 2 aromatic heterocycles. The van der Waals surface area contributed by atoms with Crippen molar-refractivity contribution in [3.05, 3.63) is 51.9 Å². The SMILES string of the molecule is C.CCCc1cc(N2CCC(NCC(O)c3cc(F)cc(F)c3)CC2)nc2sc(C(N)=O)c(N)c12. The first kappa shape index (κ1) is 26.8. The maximum absolute atomic E-state index is 13.4. The van der Waals surface area contributed by atoms with Gasteiger partial charge in [-0.15, -0.1) is 11.3 Å². The molecule has 3 aromatic rings. The number of piperidine rings is 1. The van der Waals surface area contributed by atoms with Crippen LogP contribution in [0.5, 0.6) is 0 Å². The molecule has 0 radical (unpaired) electrons. The van der Waals surface area contributed by atoms with E-state index in [1.165, 1.54) is 11.3 Å². The summed E-state index contributed by atoms with van der Waals surface area (Å²) in [4.78, 5) is 19.8. The molecule has 1 aliphatic heterocycles. The number of thiophene rings is 1. The monoisotopic (exact) mass is 505 g/mol. The predicted molar refractivity (Wildman–Crippen MR) is 138 cm³/mol. The first-order valence-electron chi connectivity index (χ1n) is 11.4. The van der Waals surface area contributed by atoms with Gasteiger partial charge in [0.15, 0.2) is 0 Å². The van der Waals surface area contributed by atoms with Crippen molar-refractivity contribution in [1.29, 1.82) is 0 Å². The van der Waals surface area contributed by atoms with Crippen LogP contribution in [0, 0.1) is 11.6 Å². The fourth-order valence-electron chi connectivity index (χ4n) is 4.47. The molecule has 1 unspecified atom stereocenters. The lowest BCUT2D eigenvalue weighted by Crippen LogP contribution is -2.44. The van der Waals surface area contributed by atoms with Crippen LogP contribution in [0.1, 0.15) is 60.5 Å². The second kappa shape index (κ2) is 11.3. The van der Waals surface area contributed by atoms with E-state index in [4.69, 9.17) is 16.5 Å². The highest BCUT2D eigenvalue weighted by Gasteiger charge is 2.24. The van der Waals surface area contributed by atoms with Crippen LogP contribution in [-0.4, -0.2) is 41.7 Å². The van der Waals surface area contributed by atoms with Crippen LogP contribution in [0.4, 0.5) is 20.3 Å². The third kappa shape index (κ3) is 5.88. The summed E-state index contributed by atoms with van der Waals surface area (Å²) in [6.07, 6.45) is 2.41. The van der Waals surface area contributed by atoms with E-state index in [0.29, 0.717) is 10.6 Å². The number of hydrogen-bond donors (Lipinski definition) is 4. The Kier molecular flexibility index (Phi) is 8.63. The summed E-state index contributed by atoms with van der Waals surface area (Å²) >= 11 is 1.23. The Labute approximate surface area is 208 Å². The number of aryl methyl sites for hydroxylation is 1. The molecule has 1 saturated heterocycles. The third-order valence-corrected chi connectivity index (χ3v) is 7.31. The molecule has 35 heavy (non-hydrogen) atoms. The minimum absolute atomic E-state index is 0. The predicted octanol–water partition coefficient (Wildman–Crippen LogP) is 4.14. The quantitative estimate of drug-likeness (QED) is 0.366. The average molecular weight is 506 g/mol. The molecule has 4 rings (SSSR count). The number of carbonyl (C=O) groups is 1. The van der Waals surface area contributed by atoms with E-state index in [0.717, 1.165) is 78.6 Å². The van der Waals surface area contributed by atoms with Crippen molar-refractivity contribution in [1.82, 2.24) is 10.3 Å². The van der Waals surface area contributed by atoms with E-state index in [9.17, 15) is 18.7 Å². The molecule has 3 heterocycles. The number of anilines is 2. The van der Waals surface area contributed by atoms with E-state index in [1.54, 1.807) is 0 Å². The Hall–Kier alpha value is -2.82. The minimum Gasteiger partial charge on any atom is -0.397 e. The number of aromatic nitrogens is 1. The van der Waals surface area contributed by atoms with Crippen molar-refractivity contribution in [2.45, 2.75) is 52.2 Å². The van der Waals surface area contributed by atoms with E-state index >= 15 is 0 Å². The molecule has 10 heteroatoms. The number of fused-ring (bicyclic) bond motifs is 1. The number of aliphatic hydroxyl groups excluding tert-OH is 1. The zero-order valence-electron chi connectivity index (χ0n) is 19.0. The second-order valence-electron chi connectivity index (χ2n) is 8.67. The number of aliphatic hydroxyl groups is 1. The Morgan fingerprint density at radius 3 is 2.51 bits per heavy atom. The molecule has 1 aromatic carbocycles. The van der Waals surface area contributed by atoms with Crippen molar-refractivity contribution in [2.75, 3.05) is 30.3 Å². The van der Waals surface area contributed by atoms with Crippen LogP contribution in [0.15, 0.2) is 24.3 Å². The maximum Gasteiger partial charge on any atom is 0.260 e. The van der Waals surface area contributed by atoms with Crippen molar-refractivity contribution in [3.8, 4) is 0 Å². The fraction of sp³-hybridized carbons (Fsp3) is 0.440. The molecular weight excluding hydrogens is 472 g/mol. The molecule has 1 atom stereocenters. The van der Waals surface area contributed by atoms with Crippen molar-refractivity contribution >= 4 is 39.0 Å². The smallest absolute Gasteiger partial charge is 0.260 e. The van der Waals surface area contributed by atoms with Gasteiger partial charge < -0.3 is 26.8 Å². The van der Waals surface area contributed by atoms with E-state index in [-0.39, 0.29) is 25.6 Å².